The molecule has 3 heterocycles. The molecule has 8 nitrogen and oxygen atoms in total. The molecule has 0 atom stereocenters. The van der Waals surface area contributed by atoms with Crippen LogP contribution in [0.1, 0.15) is 37.6 Å². The highest BCUT2D eigenvalue weighted by Gasteiger charge is 2.14. The Balaban J connectivity index is 1.40. The molecule has 170 valence electrons. The first-order valence-corrected chi connectivity index (χ1v) is 11.6. The molecule has 0 unspecified atom stereocenters. The van der Waals surface area contributed by atoms with Crippen LogP contribution in [-0.4, -0.2) is 40.4 Å². The zero-order valence-electron chi connectivity index (χ0n) is 19.1. The summed E-state index contributed by atoms with van der Waals surface area (Å²) in [4.78, 5) is 9.19. The molecular weight excluding hydrogens is 424 g/mol. The van der Waals surface area contributed by atoms with Crippen molar-refractivity contribution in [1.29, 1.82) is 0 Å². The normalized spacial score (nSPS) is 11.1. The average Bonchev–Trinajstić information content (AvgIpc) is 3.56. The number of H-pyrrole nitrogens is 1. The van der Waals surface area contributed by atoms with Crippen molar-refractivity contribution >= 4 is 0 Å². The fraction of sp³-hybridized carbons (Fsp3) is 0.231. The highest BCUT2D eigenvalue weighted by molar-refractivity contribution is 5.79. The van der Waals surface area contributed by atoms with E-state index < -0.39 is 0 Å². The quantitative estimate of drug-likeness (QED) is 0.319. The minimum absolute atomic E-state index is 0.620. The first-order valence-electron chi connectivity index (χ1n) is 11.6. The lowest BCUT2D eigenvalue weighted by atomic mass is 9.99. The predicted molar refractivity (Wildman–Crippen MR) is 131 cm³/mol. The number of aryl methyl sites for hydroxylation is 1. The van der Waals surface area contributed by atoms with Crippen LogP contribution in [0.15, 0.2) is 73.1 Å². The van der Waals surface area contributed by atoms with E-state index in [2.05, 4.69) is 73.6 Å². The third-order valence-electron chi connectivity index (χ3n) is 5.80. The van der Waals surface area contributed by atoms with E-state index in [9.17, 15) is 0 Å². The molecular formula is C26H26N8. The number of unbranched alkanes of at least 4 members (excludes halogenated alkanes) is 2. The number of aromatic amines is 1. The van der Waals surface area contributed by atoms with Crippen molar-refractivity contribution in [3.8, 4) is 33.9 Å². The van der Waals surface area contributed by atoms with Crippen LogP contribution in [0.25, 0.3) is 33.9 Å². The molecule has 3 aromatic heterocycles. The number of nitrogens with zero attached hydrogens (tertiary/aromatic N) is 7. The van der Waals surface area contributed by atoms with Gasteiger partial charge in [-0.05, 0) is 34.0 Å². The highest BCUT2D eigenvalue weighted by Crippen LogP contribution is 2.29. The van der Waals surface area contributed by atoms with E-state index in [-0.39, 0.29) is 0 Å². The number of aromatic nitrogens is 8. The number of tetrazole rings is 1. The maximum Gasteiger partial charge on any atom is 0.181 e. The monoisotopic (exact) mass is 450 g/mol. The fourth-order valence-electron chi connectivity index (χ4n) is 3.99. The zero-order chi connectivity index (χ0) is 23.2. The van der Waals surface area contributed by atoms with Crippen molar-refractivity contribution in [3.05, 3.63) is 84.4 Å². The third kappa shape index (κ3) is 4.76. The van der Waals surface area contributed by atoms with Gasteiger partial charge in [-0.25, -0.2) is 14.8 Å². The predicted octanol–water partition coefficient (Wildman–Crippen LogP) is 4.97. The maximum atomic E-state index is 4.90. The Hall–Kier alpha value is -4.20. The van der Waals surface area contributed by atoms with Crippen molar-refractivity contribution in [2.75, 3.05) is 0 Å². The van der Waals surface area contributed by atoms with E-state index in [1.54, 1.807) is 6.20 Å². The maximum absolute atomic E-state index is 4.90. The van der Waals surface area contributed by atoms with Crippen molar-refractivity contribution in [1.82, 2.24) is 40.4 Å². The van der Waals surface area contributed by atoms with E-state index in [4.69, 9.17) is 10.1 Å². The lowest BCUT2D eigenvalue weighted by Crippen LogP contribution is -2.06. The number of pyridine rings is 1. The second kappa shape index (κ2) is 10.2. The molecule has 8 heteroatoms. The Labute approximate surface area is 198 Å². The van der Waals surface area contributed by atoms with Gasteiger partial charge in [0.05, 0.1) is 0 Å². The molecule has 0 saturated heterocycles. The number of hydrogen-bond acceptors (Lipinski definition) is 6. The van der Waals surface area contributed by atoms with Crippen LogP contribution in [0.4, 0.5) is 0 Å². The molecule has 1 N–H and O–H groups in total. The van der Waals surface area contributed by atoms with Crippen LogP contribution < -0.4 is 0 Å². The van der Waals surface area contributed by atoms with Crippen molar-refractivity contribution in [2.45, 2.75) is 39.2 Å². The second-order valence-corrected chi connectivity index (χ2v) is 8.19. The molecule has 0 saturated carbocycles. The van der Waals surface area contributed by atoms with E-state index in [1.165, 1.54) is 18.4 Å². The number of benzene rings is 2. The molecule has 0 aliphatic heterocycles. The number of rotatable bonds is 9. The summed E-state index contributed by atoms with van der Waals surface area (Å²) in [5, 5.41) is 19.1. The van der Waals surface area contributed by atoms with Gasteiger partial charge in [0.25, 0.3) is 0 Å². The van der Waals surface area contributed by atoms with Crippen LogP contribution >= 0.6 is 0 Å². The van der Waals surface area contributed by atoms with Crippen LogP contribution in [0.2, 0.25) is 0 Å². The van der Waals surface area contributed by atoms with Gasteiger partial charge in [0.1, 0.15) is 5.82 Å². The van der Waals surface area contributed by atoms with Crippen molar-refractivity contribution in [2.24, 2.45) is 0 Å². The lowest BCUT2D eigenvalue weighted by Gasteiger charge is -2.09. The van der Waals surface area contributed by atoms with Gasteiger partial charge in [0, 0.05) is 42.0 Å². The molecule has 34 heavy (non-hydrogen) atoms. The Kier molecular flexibility index (Phi) is 6.47. The van der Waals surface area contributed by atoms with Gasteiger partial charge in [-0.3, -0.25) is 4.98 Å². The van der Waals surface area contributed by atoms with E-state index in [0.29, 0.717) is 5.82 Å². The third-order valence-corrected chi connectivity index (χ3v) is 5.80. The molecule has 0 spiro atoms. The van der Waals surface area contributed by atoms with E-state index in [1.807, 2.05) is 30.5 Å². The first kappa shape index (κ1) is 21.6. The minimum Gasteiger partial charge on any atom is -0.264 e. The molecule has 5 rings (SSSR count). The summed E-state index contributed by atoms with van der Waals surface area (Å²) < 4.78 is 2.07. The smallest absolute Gasteiger partial charge is 0.181 e. The molecule has 5 aromatic rings. The van der Waals surface area contributed by atoms with Gasteiger partial charge < -0.3 is 0 Å². The van der Waals surface area contributed by atoms with Gasteiger partial charge in [0.15, 0.2) is 11.6 Å². The van der Waals surface area contributed by atoms with Gasteiger partial charge in [0.2, 0.25) is 0 Å². The lowest BCUT2D eigenvalue weighted by molar-refractivity contribution is 0.535. The van der Waals surface area contributed by atoms with Gasteiger partial charge in [-0.2, -0.15) is 5.10 Å². The van der Waals surface area contributed by atoms with Crippen molar-refractivity contribution < 1.29 is 0 Å². The summed E-state index contributed by atoms with van der Waals surface area (Å²) in [6, 6.07) is 20.6. The SMILES string of the molecule is CCCCCn1nc(-c2ccccc2)nc1Cc1ccc(-c2cnccc2-c2nnn[nH]2)cc1. The zero-order valence-corrected chi connectivity index (χ0v) is 19.1. The minimum atomic E-state index is 0.620. The number of nitrogens with one attached hydrogen (secondary N) is 1. The molecule has 2 aromatic carbocycles. The summed E-state index contributed by atoms with van der Waals surface area (Å²) in [6.45, 7) is 3.09. The topological polar surface area (TPSA) is 98.1 Å². The van der Waals surface area contributed by atoms with Gasteiger partial charge in [-0.1, -0.05) is 74.4 Å². The summed E-state index contributed by atoms with van der Waals surface area (Å²) in [7, 11) is 0. The molecule has 0 amide bonds. The first-order chi connectivity index (χ1) is 16.8. The summed E-state index contributed by atoms with van der Waals surface area (Å²) in [6.07, 6.45) is 7.76. The van der Waals surface area contributed by atoms with Crippen molar-refractivity contribution in [3.63, 3.8) is 0 Å². The van der Waals surface area contributed by atoms with E-state index >= 15 is 0 Å². The Morgan fingerprint density at radius 3 is 2.50 bits per heavy atom. The summed E-state index contributed by atoms with van der Waals surface area (Å²) in [5.41, 5.74) is 5.16. The largest absolute Gasteiger partial charge is 0.264 e. The van der Waals surface area contributed by atoms with E-state index in [0.717, 1.165) is 53.3 Å². The van der Waals surface area contributed by atoms with Crippen LogP contribution in [0.3, 0.4) is 0 Å². The number of hydrogen-bond donors (Lipinski definition) is 1. The molecule has 0 radical (unpaired) electrons. The van der Waals surface area contributed by atoms with Crippen LogP contribution in [0, 0.1) is 0 Å². The highest BCUT2D eigenvalue weighted by atomic mass is 15.5. The van der Waals surface area contributed by atoms with Gasteiger partial charge in [-0.15, -0.1) is 5.10 Å². The van der Waals surface area contributed by atoms with Crippen LogP contribution in [0.5, 0.6) is 0 Å². The summed E-state index contributed by atoms with van der Waals surface area (Å²) in [5.74, 6) is 2.39. The summed E-state index contributed by atoms with van der Waals surface area (Å²) >= 11 is 0. The Morgan fingerprint density at radius 2 is 1.74 bits per heavy atom. The molecule has 0 aliphatic rings. The van der Waals surface area contributed by atoms with Crippen LogP contribution in [-0.2, 0) is 13.0 Å². The standard InChI is InChI=1S/C26H26N8/c1-2-3-7-16-34-24(28-25(31-34)21-8-5-4-6-9-21)17-19-10-12-20(13-11-19)23-18-27-15-14-22(23)26-29-32-33-30-26/h4-6,8-15,18H,2-3,7,16-17H2,1H3,(H,29,30,32,33). The average molecular weight is 451 g/mol. The van der Waals surface area contributed by atoms with Gasteiger partial charge >= 0.3 is 0 Å². The Morgan fingerprint density at radius 1 is 0.882 bits per heavy atom. The molecule has 0 fully saturated rings. The second-order valence-electron chi connectivity index (χ2n) is 8.19. The molecule has 0 aliphatic carbocycles. The Bertz CT molecular complexity index is 1330. The molecule has 0 bridgehead atoms. The fourth-order valence-corrected chi connectivity index (χ4v) is 3.99.